The third-order valence-corrected chi connectivity index (χ3v) is 4.03. The van der Waals surface area contributed by atoms with Crippen LogP contribution in [0.25, 0.3) is 0 Å². The molecule has 2 rings (SSSR count). The van der Waals surface area contributed by atoms with E-state index in [0.29, 0.717) is 6.04 Å². The minimum absolute atomic E-state index is 0.486. The van der Waals surface area contributed by atoms with E-state index in [4.69, 9.17) is 5.73 Å². The van der Waals surface area contributed by atoms with Gasteiger partial charge in [-0.2, -0.15) is 0 Å². The fraction of sp³-hybridized carbons (Fsp3) is 0.833. The number of hydrogen-bond donors (Lipinski definition) is 1. The van der Waals surface area contributed by atoms with E-state index in [0.717, 1.165) is 17.8 Å². The summed E-state index contributed by atoms with van der Waals surface area (Å²) >= 11 is 0. The molecular weight excluding hydrogens is 158 g/mol. The smallest absolute Gasteiger partial charge is 0.00672 e. The van der Waals surface area contributed by atoms with Gasteiger partial charge in [-0.05, 0) is 49.9 Å². The number of allylic oxidation sites excluding steroid dienone is 2. The molecule has 0 aromatic carbocycles. The Morgan fingerprint density at radius 3 is 2.46 bits per heavy atom. The zero-order chi connectivity index (χ0) is 9.26. The second-order valence-electron chi connectivity index (χ2n) is 4.90. The third kappa shape index (κ3) is 1.96. The van der Waals surface area contributed by atoms with Crippen molar-refractivity contribution in [2.45, 2.75) is 45.1 Å². The fourth-order valence-electron chi connectivity index (χ4n) is 2.91. The second kappa shape index (κ2) is 3.83. The molecule has 1 heteroatoms. The molecule has 3 unspecified atom stereocenters. The topological polar surface area (TPSA) is 26.0 Å². The standard InChI is InChI=1S/C12H21N/c1-9-11(6-7-12(9)13)8-10-4-2-3-5-10/h2-3,9-12H,4-8,13H2,1H3. The molecule has 2 N–H and O–H groups in total. The van der Waals surface area contributed by atoms with Crippen molar-refractivity contribution >= 4 is 0 Å². The van der Waals surface area contributed by atoms with Crippen molar-refractivity contribution in [1.82, 2.24) is 0 Å². The highest BCUT2D eigenvalue weighted by molar-refractivity contribution is 4.96. The van der Waals surface area contributed by atoms with Crippen molar-refractivity contribution in [1.29, 1.82) is 0 Å². The summed E-state index contributed by atoms with van der Waals surface area (Å²) in [6.45, 7) is 2.34. The predicted octanol–water partition coefficient (Wildman–Crippen LogP) is 2.72. The van der Waals surface area contributed by atoms with Gasteiger partial charge in [0.15, 0.2) is 0 Å². The zero-order valence-electron chi connectivity index (χ0n) is 8.58. The van der Waals surface area contributed by atoms with E-state index in [2.05, 4.69) is 19.1 Å². The molecule has 3 atom stereocenters. The normalized spacial score (nSPS) is 40.3. The fourth-order valence-corrected chi connectivity index (χ4v) is 2.91. The van der Waals surface area contributed by atoms with Gasteiger partial charge < -0.3 is 5.73 Å². The summed E-state index contributed by atoms with van der Waals surface area (Å²) in [5, 5.41) is 0. The van der Waals surface area contributed by atoms with Crippen LogP contribution in [-0.4, -0.2) is 6.04 Å². The first kappa shape index (κ1) is 9.26. The average molecular weight is 179 g/mol. The Morgan fingerprint density at radius 1 is 1.23 bits per heavy atom. The summed E-state index contributed by atoms with van der Waals surface area (Å²) in [7, 11) is 0. The van der Waals surface area contributed by atoms with Gasteiger partial charge >= 0.3 is 0 Å². The van der Waals surface area contributed by atoms with Crippen LogP contribution >= 0.6 is 0 Å². The molecule has 1 nitrogen and oxygen atoms in total. The Balaban J connectivity index is 1.81. The van der Waals surface area contributed by atoms with Gasteiger partial charge in [0.2, 0.25) is 0 Å². The molecule has 1 saturated carbocycles. The molecule has 0 aromatic heterocycles. The maximum Gasteiger partial charge on any atom is 0.00672 e. The van der Waals surface area contributed by atoms with Crippen molar-refractivity contribution in [3.05, 3.63) is 12.2 Å². The van der Waals surface area contributed by atoms with Crippen LogP contribution in [-0.2, 0) is 0 Å². The van der Waals surface area contributed by atoms with Gasteiger partial charge in [0.05, 0.1) is 0 Å². The minimum atomic E-state index is 0.486. The molecular formula is C12H21N. The summed E-state index contributed by atoms with van der Waals surface area (Å²) in [4.78, 5) is 0. The molecule has 0 bridgehead atoms. The average Bonchev–Trinajstić information content (AvgIpc) is 2.71. The van der Waals surface area contributed by atoms with Crippen molar-refractivity contribution in [2.75, 3.05) is 0 Å². The molecule has 74 valence electrons. The Labute approximate surface area is 81.4 Å². The van der Waals surface area contributed by atoms with Crippen LogP contribution in [0.3, 0.4) is 0 Å². The number of rotatable bonds is 2. The summed E-state index contributed by atoms with van der Waals surface area (Å²) in [6, 6.07) is 0.486. The predicted molar refractivity (Wildman–Crippen MR) is 56.3 cm³/mol. The van der Waals surface area contributed by atoms with Crippen LogP contribution in [0.5, 0.6) is 0 Å². The van der Waals surface area contributed by atoms with Crippen LogP contribution in [0, 0.1) is 17.8 Å². The van der Waals surface area contributed by atoms with E-state index >= 15 is 0 Å². The lowest BCUT2D eigenvalue weighted by Gasteiger charge is -2.21. The second-order valence-corrected chi connectivity index (χ2v) is 4.90. The Kier molecular flexibility index (Phi) is 2.73. The van der Waals surface area contributed by atoms with E-state index in [1.54, 1.807) is 0 Å². The summed E-state index contributed by atoms with van der Waals surface area (Å²) < 4.78 is 0. The van der Waals surface area contributed by atoms with Crippen molar-refractivity contribution in [3.8, 4) is 0 Å². The molecule has 0 aliphatic heterocycles. The molecule has 0 amide bonds. The molecule has 1 fully saturated rings. The molecule has 0 saturated heterocycles. The monoisotopic (exact) mass is 179 g/mol. The van der Waals surface area contributed by atoms with Crippen LogP contribution in [0.4, 0.5) is 0 Å². The number of hydrogen-bond acceptors (Lipinski definition) is 1. The van der Waals surface area contributed by atoms with Crippen LogP contribution in [0.15, 0.2) is 12.2 Å². The SMILES string of the molecule is CC1C(N)CCC1CC1CC=CC1. The van der Waals surface area contributed by atoms with Crippen molar-refractivity contribution in [2.24, 2.45) is 23.5 Å². The maximum absolute atomic E-state index is 6.03. The highest BCUT2D eigenvalue weighted by Crippen LogP contribution is 2.37. The van der Waals surface area contributed by atoms with Gasteiger partial charge in [0.25, 0.3) is 0 Å². The van der Waals surface area contributed by atoms with E-state index < -0.39 is 0 Å². The lowest BCUT2D eigenvalue weighted by atomic mass is 9.86. The van der Waals surface area contributed by atoms with E-state index in [1.807, 2.05) is 0 Å². The quantitative estimate of drug-likeness (QED) is 0.648. The molecule has 2 aliphatic carbocycles. The zero-order valence-corrected chi connectivity index (χ0v) is 8.58. The van der Waals surface area contributed by atoms with Crippen LogP contribution in [0.2, 0.25) is 0 Å². The van der Waals surface area contributed by atoms with Crippen LogP contribution < -0.4 is 5.73 Å². The summed E-state index contributed by atoms with van der Waals surface area (Å²) in [6.07, 6.45) is 11.4. The molecule has 0 heterocycles. The van der Waals surface area contributed by atoms with Crippen LogP contribution in [0.1, 0.15) is 39.0 Å². The highest BCUT2D eigenvalue weighted by Gasteiger charge is 2.31. The molecule has 0 aromatic rings. The number of nitrogens with two attached hydrogens (primary N) is 1. The summed E-state index contributed by atoms with van der Waals surface area (Å²) in [5.41, 5.74) is 6.03. The van der Waals surface area contributed by atoms with Crippen molar-refractivity contribution < 1.29 is 0 Å². The molecule has 0 spiro atoms. The Hall–Kier alpha value is -0.300. The van der Waals surface area contributed by atoms with Gasteiger partial charge in [-0.25, -0.2) is 0 Å². The van der Waals surface area contributed by atoms with E-state index in [-0.39, 0.29) is 0 Å². The van der Waals surface area contributed by atoms with Gasteiger partial charge in [0, 0.05) is 6.04 Å². The highest BCUT2D eigenvalue weighted by atomic mass is 14.7. The Morgan fingerprint density at radius 2 is 1.92 bits per heavy atom. The molecule has 2 aliphatic rings. The third-order valence-electron chi connectivity index (χ3n) is 4.03. The first-order valence-electron chi connectivity index (χ1n) is 5.68. The molecule has 0 radical (unpaired) electrons. The maximum atomic E-state index is 6.03. The Bertz CT molecular complexity index is 189. The lowest BCUT2D eigenvalue weighted by molar-refractivity contribution is 0.313. The lowest BCUT2D eigenvalue weighted by Crippen LogP contribution is -2.25. The van der Waals surface area contributed by atoms with E-state index in [1.165, 1.54) is 32.1 Å². The van der Waals surface area contributed by atoms with Gasteiger partial charge in [-0.15, -0.1) is 0 Å². The van der Waals surface area contributed by atoms with Gasteiger partial charge in [-0.3, -0.25) is 0 Å². The first-order valence-corrected chi connectivity index (χ1v) is 5.68. The minimum Gasteiger partial charge on any atom is -0.327 e. The molecule has 13 heavy (non-hydrogen) atoms. The first-order chi connectivity index (χ1) is 6.27. The van der Waals surface area contributed by atoms with Gasteiger partial charge in [0.1, 0.15) is 0 Å². The van der Waals surface area contributed by atoms with Gasteiger partial charge in [-0.1, -0.05) is 19.1 Å². The largest absolute Gasteiger partial charge is 0.327 e. The van der Waals surface area contributed by atoms with Crippen molar-refractivity contribution in [3.63, 3.8) is 0 Å². The summed E-state index contributed by atoms with van der Waals surface area (Å²) in [5.74, 6) is 2.62. The van der Waals surface area contributed by atoms with E-state index in [9.17, 15) is 0 Å².